The van der Waals surface area contributed by atoms with Gasteiger partial charge in [-0.05, 0) is 54.4 Å². The molecule has 0 bridgehead atoms. The Balaban J connectivity index is 1.37. The molecule has 0 saturated carbocycles. The van der Waals surface area contributed by atoms with Gasteiger partial charge in [0.1, 0.15) is 5.75 Å². The van der Waals surface area contributed by atoms with Gasteiger partial charge in [-0.1, -0.05) is 66.7 Å². The van der Waals surface area contributed by atoms with Crippen LogP contribution in [0.25, 0.3) is 6.08 Å². The minimum absolute atomic E-state index is 0.180. The first-order chi connectivity index (χ1) is 16.6. The van der Waals surface area contributed by atoms with Crippen LogP contribution >= 0.6 is 11.8 Å². The van der Waals surface area contributed by atoms with Crippen LogP contribution in [0.15, 0.2) is 89.8 Å². The van der Waals surface area contributed by atoms with E-state index < -0.39 is 0 Å². The van der Waals surface area contributed by atoms with E-state index in [4.69, 9.17) is 4.74 Å². The molecule has 0 unspecified atom stereocenters. The second-order valence-electron chi connectivity index (χ2n) is 7.66. The first-order valence-electron chi connectivity index (χ1n) is 11.0. The molecule has 6 nitrogen and oxygen atoms in total. The van der Waals surface area contributed by atoms with Crippen LogP contribution in [0, 0.1) is 0 Å². The van der Waals surface area contributed by atoms with Crippen molar-refractivity contribution in [2.45, 2.75) is 12.8 Å². The maximum Gasteiger partial charge on any atom is 0.293 e. The van der Waals surface area contributed by atoms with E-state index in [1.807, 2.05) is 54.6 Å². The number of rotatable bonds is 9. The number of carbonyl (C=O) groups excluding carboxylic acids is 3. The average molecular weight is 473 g/mol. The van der Waals surface area contributed by atoms with Gasteiger partial charge in [0.25, 0.3) is 17.1 Å². The number of para-hydroxylation sites is 2. The van der Waals surface area contributed by atoms with E-state index in [1.54, 1.807) is 36.4 Å². The number of anilines is 1. The highest BCUT2D eigenvalue weighted by Gasteiger charge is 2.34. The van der Waals surface area contributed by atoms with Gasteiger partial charge in [0.15, 0.2) is 6.61 Å². The number of aryl methyl sites for hydroxylation is 1. The van der Waals surface area contributed by atoms with Gasteiger partial charge in [-0.15, -0.1) is 0 Å². The number of hydrogen-bond acceptors (Lipinski definition) is 5. The molecule has 1 aliphatic heterocycles. The molecule has 34 heavy (non-hydrogen) atoms. The van der Waals surface area contributed by atoms with Crippen LogP contribution in [-0.4, -0.2) is 35.1 Å². The molecule has 0 radical (unpaired) electrons. The van der Waals surface area contributed by atoms with Crippen molar-refractivity contribution in [3.05, 3.63) is 101 Å². The third-order valence-electron chi connectivity index (χ3n) is 5.19. The van der Waals surface area contributed by atoms with Crippen LogP contribution in [0.3, 0.4) is 0 Å². The van der Waals surface area contributed by atoms with Crippen molar-refractivity contribution in [1.82, 2.24) is 4.90 Å². The molecule has 0 atom stereocenters. The molecule has 0 aliphatic carbocycles. The number of amides is 3. The molecule has 3 amide bonds. The van der Waals surface area contributed by atoms with Gasteiger partial charge in [-0.3, -0.25) is 19.3 Å². The van der Waals surface area contributed by atoms with E-state index in [0.29, 0.717) is 34.9 Å². The zero-order chi connectivity index (χ0) is 23.8. The van der Waals surface area contributed by atoms with Gasteiger partial charge in [-0.2, -0.15) is 0 Å². The van der Waals surface area contributed by atoms with E-state index >= 15 is 0 Å². The Hall–Kier alpha value is -3.84. The summed E-state index contributed by atoms with van der Waals surface area (Å²) in [6.45, 7) is 0.190. The summed E-state index contributed by atoms with van der Waals surface area (Å²) in [5.41, 5.74) is 2.49. The Morgan fingerprint density at radius 2 is 1.59 bits per heavy atom. The minimum Gasteiger partial charge on any atom is -0.483 e. The standard InChI is InChI=1S/C27H24N2O4S/c30-25(28-22-14-5-2-6-15-22)19-33-23-16-8-7-13-21(23)18-24-26(31)29(27(32)34-24)17-9-12-20-10-3-1-4-11-20/h1-8,10-11,13-16,18H,9,12,17,19H2,(H,28,30)/b24-18+. The molecule has 7 heteroatoms. The van der Waals surface area contributed by atoms with Gasteiger partial charge in [-0.25, -0.2) is 0 Å². The van der Waals surface area contributed by atoms with Crippen LogP contribution in [0.2, 0.25) is 0 Å². The van der Waals surface area contributed by atoms with Gasteiger partial charge >= 0.3 is 0 Å². The summed E-state index contributed by atoms with van der Waals surface area (Å²) < 4.78 is 5.71. The van der Waals surface area contributed by atoms with E-state index in [1.165, 1.54) is 10.5 Å². The number of hydrogen-bond donors (Lipinski definition) is 1. The molecule has 1 aliphatic rings. The summed E-state index contributed by atoms with van der Waals surface area (Å²) in [6, 6.07) is 26.2. The lowest BCUT2D eigenvalue weighted by atomic mass is 10.1. The molecule has 1 saturated heterocycles. The maximum atomic E-state index is 12.9. The van der Waals surface area contributed by atoms with E-state index in [2.05, 4.69) is 5.32 Å². The number of nitrogens with one attached hydrogen (secondary N) is 1. The van der Waals surface area contributed by atoms with Crippen molar-refractivity contribution in [2.75, 3.05) is 18.5 Å². The lowest BCUT2D eigenvalue weighted by Crippen LogP contribution is -2.29. The molecule has 1 heterocycles. The van der Waals surface area contributed by atoms with E-state index in [-0.39, 0.29) is 23.7 Å². The summed E-state index contributed by atoms with van der Waals surface area (Å²) in [6.07, 6.45) is 3.14. The lowest BCUT2D eigenvalue weighted by Gasteiger charge is -2.12. The molecular formula is C27H24N2O4S. The number of benzene rings is 3. The second kappa shape index (κ2) is 11.3. The predicted molar refractivity (Wildman–Crippen MR) is 134 cm³/mol. The molecule has 3 aromatic rings. The van der Waals surface area contributed by atoms with Crippen molar-refractivity contribution >= 4 is 40.6 Å². The Kier molecular flexibility index (Phi) is 7.78. The fraction of sp³-hybridized carbons (Fsp3) is 0.148. The average Bonchev–Trinajstić information content (AvgIpc) is 3.12. The number of ether oxygens (including phenoxy) is 1. The summed E-state index contributed by atoms with van der Waals surface area (Å²) in [7, 11) is 0. The lowest BCUT2D eigenvalue weighted by molar-refractivity contribution is -0.122. The monoisotopic (exact) mass is 472 g/mol. The number of carbonyl (C=O) groups is 3. The molecule has 4 rings (SSSR count). The Morgan fingerprint density at radius 3 is 2.35 bits per heavy atom. The number of nitrogens with zero attached hydrogens (tertiary/aromatic N) is 1. The zero-order valence-electron chi connectivity index (χ0n) is 18.5. The predicted octanol–water partition coefficient (Wildman–Crippen LogP) is 5.37. The molecule has 172 valence electrons. The van der Waals surface area contributed by atoms with Crippen molar-refractivity contribution in [3.63, 3.8) is 0 Å². The van der Waals surface area contributed by atoms with Crippen LogP contribution in [0.1, 0.15) is 17.5 Å². The summed E-state index contributed by atoms with van der Waals surface area (Å²) >= 11 is 0.921. The first kappa shape index (κ1) is 23.3. The quantitative estimate of drug-likeness (QED) is 0.424. The molecule has 0 spiro atoms. The second-order valence-corrected chi connectivity index (χ2v) is 8.66. The summed E-state index contributed by atoms with van der Waals surface area (Å²) in [4.78, 5) is 39.2. The fourth-order valence-electron chi connectivity index (χ4n) is 3.51. The normalized spacial score (nSPS) is 14.5. The smallest absolute Gasteiger partial charge is 0.293 e. The third-order valence-corrected chi connectivity index (χ3v) is 6.09. The molecular weight excluding hydrogens is 448 g/mol. The van der Waals surface area contributed by atoms with Crippen molar-refractivity contribution in [1.29, 1.82) is 0 Å². The van der Waals surface area contributed by atoms with Gasteiger partial charge in [0.05, 0.1) is 4.91 Å². The number of imide groups is 1. The topological polar surface area (TPSA) is 75.7 Å². The SMILES string of the molecule is O=C(COc1ccccc1/C=C1/SC(=O)N(CCCc2ccccc2)C1=O)Nc1ccccc1. The van der Waals surface area contributed by atoms with Gasteiger partial charge < -0.3 is 10.1 Å². The van der Waals surface area contributed by atoms with E-state index in [0.717, 1.165) is 18.2 Å². The summed E-state index contributed by atoms with van der Waals surface area (Å²) in [5.74, 6) is -0.138. The minimum atomic E-state index is -0.306. The highest BCUT2D eigenvalue weighted by atomic mass is 32.2. The highest BCUT2D eigenvalue weighted by Crippen LogP contribution is 2.34. The van der Waals surface area contributed by atoms with Crippen LogP contribution in [-0.2, 0) is 16.0 Å². The van der Waals surface area contributed by atoms with Gasteiger partial charge in [0, 0.05) is 17.8 Å². The zero-order valence-corrected chi connectivity index (χ0v) is 19.3. The van der Waals surface area contributed by atoms with Crippen molar-refractivity contribution in [2.24, 2.45) is 0 Å². The Bertz CT molecular complexity index is 1200. The van der Waals surface area contributed by atoms with Crippen LogP contribution < -0.4 is 10.1 Å². The van der Waals surface area contributed by atoms with E-state index in [9.17, 15) is 14.4 Å². The van der Waals surface area contributed by atoms with Crippen LogP contribution in [0.4, 0.5) is 10.5 Å². The molecule has 1 N–H and O–H groups in total. The highest BCUT2D eigenvalue weighted by molar-refractivity contribution is 8.18. The van der Waals surface area contributed by atoms with Crippen molar-refractivity contribution in [3.8, 4) is 5.75 Å². The van der Waals surface area contributed by atoms with Crippen LogP contribution in [0.5, 0.6) is 5.75 Å². The van der Waals surface area contributed by atoms with Gasteiger partial charge in [0.2, 0.25) is 0 Å². The molecule has 0 aromatic heterocycles. The number of thioether (sulfide) groups is 1. The first-order valence-corrected chi connectivity index (χ1v) is 11.8. The molecule has 1 fully saturated rings. The third kappa shape index (κ3) is 6.14. The van der Waals surface area contributed by atoms with Crippen molar-refractivity contribution < 1.29 is 19.1 Å². The largest absolute Gasteiger partial charge is 0.483 e. The Morgan fingerprint density at radius 1 is 0.912 bits per heavy atom. The summed E-state index contributed by atoms with van der Waals surface area (Å²) in [5, 5.41) is 2.49. The molecule has 3 aromatic carbocycles. The Labute approximate surface area is 202 Å². The maximum absolute atomic E-state index is 12.9. The fourth-order valence-corrected chi connectivity index (χ4v) is 4.37.